The number of carbonyl (C=O) groups is 2. The molecule has 1 fully saturated rings. The zero-order chi connectivity index (χ0) is 16.1. The molecular weight excluding hydrogens is 302 g/mol. The first kappa shape index (κ1) is 16.7. The minimum absolute atomic E-state index is 0.00128. The SMILES string of the molecule is COc1ccc(SCC(=O)N2CC(C)CC(C(=O)O)C2)cc1. The van der Waals surface area contributed by atoms with Gasteiger partial charge in [-0.25, -0.2) is 0 Å². The molecular formula is C16H21NO4S. The Hall–Kier alpha value is -1.69. The smallest absolute Gasteiger partial charge is 0.308 e. The Kier molecular flexibility index (Phi) is 5.71. The molecule has 1 aromatic rings. The zero-order valence-corrected chi connectivity index (χ0v) is 13.6. The quantitative estimate of drug-likeness (QED) is 0.843. The third-order valence-electron chi connectivity index (χ3n) is 3.78. The van der Waals surface area contributed by atoms with Gasteiger partial charge in [-0.05, 0) is 36.6 Å². The van der Waals surface area contributed by atoms with Crippen molar-refractivity contribution in [2.45, 2.75) is 18.2 Å². The van der Waals surface area contributed by atoms with Crippen LogP contribution in [0, 0.1) is 11.8 Å². The summed E-state index contributed by atoms with van der Waals surface area (Å²) in [5, 5.41) is 9.16. The van der Waals surface area contributed by atoms with Gasteiger partial charge in [-0.3, -0.25) is 9.59 Å². The van der Waals surface area contributed by atoms with Crippen LogP contribution in [-0.4, -0.2) is 47.8 Å². The molecule has 0 radical (unpaired) electrons. The highest BCUT2D eigenvalue weighted by Crippen LogP contribution is 2.25. The van der Waals surface area contributed by atoms with Crippen LogP contribution in [0.3, 0.4) is 0 Å². The average Bonchev–Trinajstić information content (AvgIpc) is 2.52. The van der Waals surface area contributed by atoms with Crippen LogP contribution in [0.2, 0.25) is 0 Å². The van der Waals surface area contributed by atoms with Gasteiger partial charge in [0, 0.05) is 18.0 Å². The van der Waals surface area contributed by atoms with Crippen LogP contribution in [-0.2, 0) is 9.59 Å². The number of benzene rings is 1. The second kappa shape index (κ2) is 7.54. The molecule has 1 aliphatic heterocycles. The third-order valence-corrected chi connectivity index (χ3v) is 4.78. The number of aliphatic carboxylic acids is 1. The van der Waals surface area contributed by atoms with E-state index in [0.717, 1.165) is 10.6 Å². The molecule has 120 valence electrons. The van der Waals surface area contributed by atoms with Gasteiger partial charge >= 0.3 is 5.97 Å². The first-order chi connectivity index (χ1) is 10.5. The van der Waals surface area contributed by atoms with E-state index in [2.05, 4.69) is 0 Å². The molecule has 22 heavy (non-hydrogen) atoms. The summed E-state index contributed by atoms with van der Waals surface area (Å²) < 4.78 is 5.10. The van der Waals surface area contributed by atoms with Crippen molar-refractivity contribution in [1.29, 1.82) is 0 Å². The van der Waals surface area contributed by atoms with Gasteiger partial charge in [0.1, 0.15) is 5.75 Å². The Labute approximate surface area is 134 Å². The summed E-state index contributed by atoms with van der Waals surface area (Å²) in [6.45, 7) is 2.96. The Balaban J connectivity index is 1.89. The number of methoxy groups -OCH3 is 1. The van der Waals surface area contributed by atoms with Crippen LogP contribution in [0.1, 0.15) is 13.3 Å². The molecule has 1 aromatic carbocycles. The van der Waals surface area contributed by atoms with Crippen LogP contribution < -0.4 is 4.74 Å². The molecule has 1 saturated heterocycles. The van der Waals surface area contributed by atoms with Gasteiger partial charge in [-0.2, -0.15) is 0 Å². The van der Waals surface area contributed by atoms with Crippen LogP contribution in [0.5, 0.6) is 5.75 Å². The molecule has 2 atom stereocenters. The number of carboxylic acid groups (broad SMARTS) is 1. The first-order valence-corrected chi connectivity index (χ1v) is 8.25. The second-order valence-electron chi connectivity index (χ2n) is 5.64. The topological polar surface area (TPSA) is 66.8 Å². The maximum Gasteiger partial charge on any atom is 0.308 e. The Morgan fingerprint density at radius 2 is 2.00 bits per heavy atom. The summed E-state index contributed by atoms with van der Waals surface area (Å²) in [4.78, 5) is 26.1. The van der Waals surface area contributed by atoms with E-state index >= 15 is 0 Å². The van der Waals surface area contributed by atoms with Gasteiger partial charge in [0.2, 0.25) is 5.91 Å². The molecule has 2 unspecified atom stereocenters. The van der Waals surface area contributed by atoms with E-state index in [9.17, 15) is 9.59 Å². The Morgan fingerprint density at radius 1 is 1.32 bits per heavy atom. The number of likely N-dealkylation sites (tertiary alicyclic amines) is 1. The van der Waals surface area contributed by atoms with Gasteiger partial charge in [-0.15, -0.1) is 11.8 Å². The van der Waals surface area contributed by atoms with Crippen molar-refractivity contribution >= 4 is 23.6 Å². The summed E-state index contributed by atoms with van der Waals surface area (Å²) in [5.74, 6) is 0.0739. The molecule has 0 saturated carbocycles. The van der Waals surface area contributed by atoms with Crippen molar-refractivity contribution in [2.75, 3.05) is 26.0 Å². The van der Waals surface area contributed by atoms with E-state index in [1.165, 1.54) is 11.8 Å². The minimum atomic E-state index is -0.813. The number of hydrogen-bond acceptors (Lipinski definition) is 4. The number of carbonyl (C=O) groups excluding carboxylic acids is 1. The van der Waals surface area contributed by atoms with Gasteiger partial charge in [-0.1, -0.05) is 6.92 Å². The van der Waals surface area contributed by atoms with Crippen molar-refractivity contribution in [3.63, 3.8) is 0 Å². The molecule has 1 amide bonds. The zero-order valence-electron chi connectivity index (χ0n) is 12.8. The Bertz CT molecular complexity index is 531. The highest BCUT2D eigenvalue weighted by Gasteiger charge is 2.31. The van der Waals surface area contributed by atoms with Crippen molar-refractivity contribution in [3.05, 3.63) is 24.3 Å². The number of amides is 1. The van der Waals surface area contributed by atoms with Gasteiger partial charge in [0.05, 0.1) is 18.8 Å². The molecule has 0 aromatic heterocycles. The summed E-state index contributed by atoms with van der Waals surface area (Å²) in [7, 11) is 1.61. The molecule has 1 heterocycles. The highest BCUT2D eigenvalue weighted by atomic mass is 32.2. The third kappa shape index (κ3) is 4.40. The molecule has 5 nitrogen and oxygen atoms in total. The van der Waals surface area contributed by atoms with E-state index in [1.54, 1.807) is 12.0 Å². The van der Waals surface area contributed by atoms with E-state index in [1.807, 2.05) is 31.2 Å². The maximum atomic E-state index is 12.3. The maximum absolute atomic E-state index is 12.3. The standard InChI is InChI=1S/C16H21NO4S/c1-11-7-12(16(19)20)9-17(8-11)15(18)10-22-14-5-3-13(21-2)4-6-14/h3-6,11-12H,7-10H2,1-2H3,(H,19,20). The number of hydrogen-bond donors (Lipinski definition) is 1. The van der Waals surface area contributed by atoms with E-state index < -0.39 is 11.9 Å². The largest absolute Gasteiger partial charge is 0.497 e. The normalized spacial score (nSPS) is 21.5. The lowest BCUT2D eigenvalue weighted by Crippen LogP contribution is -2.46. The van der Waals surface area contributed by atoms with Crippen molar-refractivity contribution in [2.24, 2.45) is 11.8 Å². The van der Waals surface area contributed by atoms with Crippen LogP contribution in [0.25, 0.3) is 0 Å². The fourth-order valence-electron chi connectivity index (χ4n) is 2.64. The molecule has 0 bridgehead atoms. The fraction of sp³-hybridized carbons (Fsp3) is 0.500. The lowest BCUT2D eigenvalue weighted by molar-refractivity contribution is -0.146. The van der Waals surface area contributed by atoms with Gasteiger partial charge in [0.25, 0.3) is 0 Å². The average molecular weight is 323 g/mol. The number of thioether (sulfide) groups is 1. The number of nitrogens with zero attached hydrogens (tertiary/aromatic N) is 1. The van der Waals surface area contributed by atoms with E-state index in [0.29, 0.717) is 25.3 Å². The summed E-state index contributed by atoms with van der Waals surface area (Å²) in [6, 6.07) is 7.54. The summed E-state index contributed by atoms with van der Waals surface area (Å²) >= 11 is 1.46. The molecule has 2 rings (SSSR count). The number of piperidine rings is 1. The van der Waals surface area contributed by atoms with Crippen molar-refractivity contribution in [1.82, 2.24) is 4.90 Å². The molecule has 1 N–H and O–H groups in total. The highest BCUT2D eigenvalue weighted by molar-refractivity contribution is 8.00. The predicted octanol–water partition coefficient (Wildman–Crippen LogP) is 2.36. The van der Waals surface area contributed by atoms with Crippen molar-refractivity contribution < 1.29 is 19.4 Å². The first-order valence-electron chi connectivity index (χ1n) is 7.27. The van der Waals surface area contributed by atoms with E-state index in [4.69, 9.17) is 9.84 Å². The summed E-state index contributed by atoms with van der Waals surface area (Å²) in [6.07, 6.45) is 0.644. The molecule has 6 heteroatoms. The molecule has 0 spiro atoms. The minimum Gasteiger partial charge on any atom is -0.497 e. The van der Waals surface area contributed by atoms with Gasteiger partial charge < -0.3 is 14.7 Å². The summed E-state index contributed by atoms with van der Waals surface area (Å²) in [5.41, 5.74) is 0. The lowest BCUT2D eigenvalue weighted by atomic mass is 9.90. The number of carboxylic acids is 1. The Morgan fingerprint density at radius 3 is 2.59 bits per heavy atom. The van der Waals surface area contributed by atoms with Crippen molar-refractivity contribution in [3.8, 4) is 5.75 Å². The molecule has 0 aliphatic carbocycles. The van der Waals surface area contributed by atoms with Crippen LogP contribution >= 0.6 is 11.8 Å². The lowest BCUT2D eigenvalue weighted by Gasteiger charge is -2.34. The fourth-order valence-corrected chi connectivity index (χ4v) is 3.44. The van der Waals surface area contributed by atoms with Crippen LogP contribution in [0.15, 0.2) is 29.2 Å². The number of rotatable bonds is 5. The monoisotopic (exact) mass is 323 g/mol. The number of ether oxygens (including phenoxy) is 1. The van der Waals surface area contributed by atoms with Gasteiger partial charge in [0.15, 0.2) is 0 Å². The predicted molar refractivity (Wildman–Crippen MR) is 85.2 cm³/mol. The molecule has 1 aliphatic rings. The van der Waals surface area contributed by atoms with E-state index in [-0.39, 0.29) is 11.8 Å². The van der Waals surface area contributed by atoms with Crippen LogP contribution in [0.4, 0.5) is 0 Å². The second-order valence-corrected chi connectivity index (χ2v) is 6.69.